The predicted octanol–water partition coefficient (Wildman–Crippen LogP) is 3.14. The van der Waals surface area contributed by atoms with Crippen LogP contribution in [0.4, 0.5) is 4.39 Å². The maximum atomic E-state index is 14.6. The van der Waals surface area contributed by atoms with Crippen molar-refractivity contribution in [2.45, 2.75) is 51.0 Å². The quantitative estimate of drug-likeness (QED) is 0.479. The van der Waals surface area contributed by atoms with E-state index in [-0.39, 0.29) is 40.5 Å². The molecular formula is C23H26FN3O4S. The van der Waals surface area contributed by atoms with Gasteiger partial charge < -0.3 is 15.4 Å². The molecule has 170 valence electrons. The Hall–Kier alpha value is -2.86. The van der Waals surface area contributed by atoms with E-state index in [2.05, 4.69) is 10.6 Å². The molecule has 7 nitrogen and oxygen atoms in total. The number of thioether (sulfide) groups is 1. The summed E-state index contributed by atoms with van der Waals surface area (Å²) in [5.74, 6) is -4.90. The van der Waals surface area contributed by atoms with Crippen LogP contribution in [-0.2, 0) is 19.1 Å². The lowest BCUT2D eigenvalue weighted by atomic mass is 9.78. The van der Waals surface area contributed by atoms with Gasteiger partial charge in [0.25, 0.3) is 0 Å². The van der Waals surface area contributed by atoms with Crippen LogP contribution < -0.4 is 10.6 Å². The number of benzene rings is 1. The van der Waals surface area contributed by atoms with E-state index in [9.17, 15) is 24.0 Å². The van der Waals surface area contributed by atoms with Gasteiger partial charge in [0.1, 0.15) is 11.7 Å². The van der Waals surface area contributed by atoms with Crippen molar-refractivity contribution in [3.8, 4) is 6.07 Å². The molecule has 1 aromatic carbocycles. The van der Waals surface area contributed by atoms with Gasteiger partial charge in [-0.15, -0.1) is 0 Å². The average molecular weight is 460 g/mol. The van der Waals surface area contributed by atoms with Crippen molar-refractivity contribution in [2.24, 2.45) is 5.92 Å². The van der Waals surface area contributed by atoms with Crippen LogP contribution in [-0.4, -0.2) is 36.2 Å². The van der Waals surface area contributed by atoms with Gasteiger partial charge in [-0.3, -0.25) is 14.4 Å². The lowest BCUT2D eigenvalue weighted by Gasteiger charge is -2.31. The molecule has 0 saturated heterocycles. The molecule has 0 aromatic heterocycles. The van der Waals surface area contributed by atoms with E-state index < -0.39 is 29.5 Å². The number of rotatable bonds is 7. The van der Waals surface area contributed by atoms with Crippen LogP contribution in [0, 0.1) is 23.1 Å². The largest absolute Gasteiger partial charge is 0.465 e. The second kappa shape index (κ2) is 11.1. The summed E-state index contributed by atoms with van der Waals surface area (Å²) in [5, 5.41) is 15.6. The molecule has 1 fully saturated rings. The number of esters is 1. The average Bonchev–Trinajstić information content (AvgIpc) is 2.78. The van der Waals surface area contributed by atoms with Gasteiger partial charge in [0.05, 0.1) is 29.0 Å². The molecular weight excluding hydrogens is 433 g/mol. The zero-order chi connectivity index (χ0) is 23.1. The highest BCUT2D eigenvalue weighted by Gasteiger charge is 2.45. The van der Waals surface area contributed by atoms with Gasteiger partial charge in [-0.2, -0.15) is 5.26 Å². The van der Waals surface area contributed by atoms with E-state index in [1.165, 1.54) is 24.6 Å². The highest BCUT2D eigenvalue weighted by Crippen LogP contribution is 2.41. The van der Waals surface area contributed by atoms with Crippen LogP contribution in [0.3, 0.4) is 0 Å². The number of ether oxygens (including phenoxy) is 1. The first-order valence-electron chi connectivity index (χ1n) is 10.7. The van der Waals surface area contributed by atoms with Gasteiger partial charge in [-0.05, 0) is 31.4 Å². The van der Waals surface area contributed by atoms with E-state index in [0.717, 1.165) is 37.4 Å². The Labute approximate surface area is 190 Å². The molecule has 1 saturated carbocycles. The zero-order valence-corrected chi connectivity index (χ0v) is 18.7. The molecule has 0 bridgehead atoms. The van der Waals surface area contributed by atoms with E-state index >= 15 is 0 Å². The highest BCUT2D eigenvalue weighted by molar-refractivity contribution is 8.03. The minimum Gasteiger partial charge on any atom is -0.465 e. The van der Waals surface area contributed by atoms with Gasteiger partial charge in [0.2, 0.25) is 11.8 Å². The molecule has 2 N–H and O–H groups in total. The molecule has 0 spiro atoms. The molecule has 1 aliphatic carbocycles. The Kier molecular flexibility index (Phi) is 8.28. The summed E-state index contributed by atoms with van der Waals surface area (Å²) in [4.78, 5) is 37.8. The number of hydrogen-bond donors (Lipinski definition) is 2. The molecule has 2 aliphatic rings. The fourth-order valence-corrected chi connectivity index (χ4v) is 5.00. The van der Waals surface area contributed by atoms with Crippen molar-refractivity contribution in [2.75, 3.05) is 12.4 Å². The van der Waals surface area contributed by atoms with Crippen LogP contribution in [0.25, 0.3) is 0 Å². The third-order valence-corrected chi connectivity index (χ3v) is 6.64. The van der Waals surface area contributed by atoms with Crippen molar-refractivity contribution in [3.05, 3.63) is 46.2 Å². The monoisotopic (exact) mass is 459 g/mol. The molecule has 1 heterocycles. The Bertz CT molecular complexity index is 953. The van der Waals surface area contributed by atoms with Crippen LogP contribution in [0.15, 0.2) is 34.9 Å². The van der Waals surface area contributed by atoms with Gasteiger partial charge in [0.15, 0.2) is 0 Å². The standard InChI is InChI=1S/C23H26FN3O4S/c1-2-31-23(30)20-19(15-10-6-7-11-17(15)24)16(12-25)22(27-21(20)29)32-13-18(28)26-14-8-4-3-5-9-14/h6-7,10-11,14,19-20H,2-5,8-9,13H2,1H3,(H,26,28)(H,27,29)/t19-,20+/m1/s1. The van der Waals surface area contributed by atoms with Crippen LogP contribution in [0.1, 0.15) is 50.5 Å². The van der Waals surface area contributed by atoms with E-state index in [0.29, 0.717) is 0 Å². The van der Waals surface area contributed by atoms with Gasteiger partial charge in [-0.1, -0.05) is 49.2 Å². The third-order valence-electron chi connectivity index (χ3n) is 5.63. The third kappa shape index (κ3) is 5.49. The van der Waals surface area contributed by atoms with Gasteiger partial charge in [-0.25, -0.2) is 4.39 Å². The molecule has 0 radical (unpaired) electrons. The van der Waals surface area contributed by atoms with E-state index in [1.807, 2.05) is 6.07 Å². The maximum Gasteiger partial charge on any atom is 0.319 e. The summed E-state index contributed by atoms with van der Waals surface area (Å²) < 4.78 is 19.7. The first-order valence-corrected chi connectivity index (χ1v) is 11.7. The van der Waals surface area contributed by atoms with Gasteiger partial charge in [0, 0.05) is 12.0 Å². The number of nitrogens with zero attached hydrogens (tertiary/aromatic N) is 1. The van der Waals surface area contributed by atoms with Crippen molar-refractivity contribution >= 4 is 29.5 Å². The van der Waals surface area contributed by atoms with E-state index in [4.69, 9.17) is 4.74 Å². The molecule has 0 unspecified atom stereocenters. The van der Waals surface area contributed by atoms with Crippen molar-refractivity contribution in [3.63, 3.8) is 0 Å². The summed E-state index contributed by atoms with van der Waals surface area (Å²) in [6.45, 7) is 1.64. The molecule has 3 rings (SSSR count). The normalized spacial score (nSPS) is 21.5. The summed E-state index contributed by atoms with van der Waals surface area (Å²) in [6, 6.07) is 7.88. The smallest absolute Gasteiger partial charge is 0.319 e. The van der Waals surface area contributed by atoms with Crippen molar-refractivity contribution < 1.29 is 23.5 Å². The topological polar surface area (TPSA) is 108 Å². The zero-order valence-electron chi connectivity index (χ0n) is 17.9. The Morgan fingerprint density at radius 3 is 2.66 bits per heavy atom. The van der Waals surface area contributed by atoms with Crippen LogP contribution in [0.5, 0.6) is 0 Å². The number of carbonyl (C=O) groups excluding carboxylic acids is 3. The lowest BCUT2D eigenvalue weighted by molar-refractivity contribution is -0.152. The number of carbonyl (C=O) groups is 3. The molecule has 2 amide bonds. The number of allylic oxidation sites excluding steroid dienone is 1. The molecule has 1 aliphatic heterocycles. The van der Waals surface area contributed by atoms with Crippen LogP contribution in [0.2, 0.25) is 0 Å². The fraction of sp³-hybridized carbons (Fsp3) is 0.478. The molecule has 1 aromatic rings. The predicted molar refractivity (Wildman–Crippen MR) is 118 cm³/mol. The first kappa shape index (κ1) is 23.8. The Balaban J connectivity index is 1.87. The maximum absolute atomic E-state index is 14.6. The van der Waals surface area contributed by atoms with Crippen LogP contribution >= 0.6 is 11.8 Å². The van der Waals surface area contributed by atoms with Gasteiger partial charge >= 0.3 is 5.97 Å². The Morgan fingerprint density at radius 1 is 1.28 bits per heavy atom. The minimum atomic E-state index is -1.40. The molecule has 9 heteroatoms. The second-order valence-corrected chi connectivity index (χ2v) is 8.75. The summed E-state index contributed by atoms with van der Waals surface area (Å²) in [6.07, 6.45) is 5.21. The summed E-state index contributed by atoms with van der Waals surface area (Å²) in [7, 11) is 0. The molecule has 2 atom stereocenters. The number of hydrogen-bond acceptors (Lipinski definition) is 6. The number of nitrogens with one attached hydrogen (secondary N) is 2. The van der Waals surface area contributed by atoms with Crippen molar-refractivity contribution in [1.82, 2.24) is 10.6 Å². The minimum absolute atomic E-state index is 0.00857. The lowest BCUT2D eigenvalue weighted by Crippen LogP contribution is -2.45. The second-order valence-electron chi connectivity index (χ2n) is 7.76. The van der Waals surface area contributed by atoms with E-state index in [1.54, 1.807) is 13.0 Å². The number of halogens is 1. The summed E-state index contributed by atoms with van der Waals surface area (Å²) in [5.41, 5.74) is 0.0879. The summed E-state index contributed by atoms with van der Waals surface area (Å²) >= 11 is 1.00. The van der Waals surface area contributed by atoms with Crippen molar-refractivity contribution in [1.29, 1.82) is 5.26 Å². The number of amides is 2. The fourth-order valence-electron chi connectivity index (χ4n) is 4.14. The Morgan fingerprint density at radius 2 is 2.00 bits per heavy atom. The number of nitriles is 1. The first-order chi connectivity index (χ1) is 15.5. The SMILES string of the molecule is CCOC(=O)[C@@H]1C(=O)NC(SCC(=O)NC2CCCCC2)=C(C#N)[C@H]1c1ccccc1F. The molecule has 32 heavy (non-hydrogen) atoms. The highest BCUT2D eigenvalue weighted by atomic mass is 32.2.